The summed E-state index contributed by atoms with van der Waals surface area (Å²) in [6, 6.07) is 0. The van der Waals surface area contributed by atoms with E-state index >= 15 is 0 Å². The Morgan fingerprint density at radius 3 is 2.44 bits per heavy atom. The molecule has 0 fully saturated rings. The summed E-state index contributed by atoms with van der Waals surface area (Å²) in [5.41, 5.74) is 0. The molecule has 0 spiro atoms. The van der Waals surface area contributed by atoms with Crippen LogP contribution in [0.5, 0.6) is 0 Å². The highest BCUT2D eigenvalue weighted by Crippen LogP contribution is 2.00. The molecule has 0 aliphatic carbocycles. The molecule has 0 aromatic carbocycles. The normalized spacial score (nSPS) is 12.2. The van der Waals surface area contributed by atoms with Gasteiger partial charge in [0.15, 0.2) is 0 Å². The van der Waals surface area contributed by atoms with E-state index in [1.807, 2.05) is 0 Å². The van der Waals surface area contributed by atoms with E-state index in [-0.39, 0.29) is 25.7 Å². The first kappa shape index (κ1) is 14.9. The van der Waals surface area contributed by atoms with Crippen molar-refractivity contribution in [2.45, 2.75) is 13.8 Å². The summed E-state index contributed by atoms with van der Waals surface area (Å²) in [7, 11) is 0. The van der Waals surface area contributed by atoms with Crippen LogP contribution in [0.3, 0.4) is 0 Å². The molecule has 0 aliphatic rings. The summed E-state index contributed by atoms with van der Waals surface area (Å²) in [6.45, 7) is 3.91. The second-order valence-corrected chi connectivity index (χ2v) is 3.54. The van der Waals surface area contributed by atoms with Gasteiger partial charge in [0.25, 0.3) is 0 Å². The molecule has 1 amide bonds. The second-order valence-electron chi connectivity index (χ2n) is 3.54. The summed E-state index contributed by atoms with van der Waals surface area (Å²) in [5, 5.41) is 17.2. The van der Waals surface area contributed by atoms with Crippen molar-refractivity contribution in [3.05, 3.63) is 0 Å². The number of aliphatic hydroxyl groups is 1. The number of carboxylic acid groups (broad SMARTS) is 1. The molecule has 0 saturated carbocycles. The fourth-order valence-corrected chi connectivity index (χ4v) is 1.13. The number of aliphatic hydroxyl groups excluding tert-OH is 1. The lowest BCUT2D eigenvalue weighted by molar-refractivity contribution is -0.143. The molecule has 2 N–H and O–H groups in total. The molecule has 6 heteroatoms. The Morgan fingerprint density at radius 2 is 2.00 bits per heavy atom. The number of hydrogen-bond donors (Lipinski definition) is 2. The molecule has 1 unspecified atom stereocenters. The Bertz CT molecular complexity index is 231. The van der Waals surface area contributed by atoms with Crippen LogP contribution in [0.1, 0.15) is 13.8 Å². The van der Waals surface area contributed by atoms with Crippen molar-refractivity contribution >= 4 is 11.9 Å². The number of rotatable bonds is 8. The van der Waals surface area contributed by atoms with Crippen LogP contribution in [0.15, 0.2) is 0 Å². The molecule has 0 aliphatic heterocycles. The van der Waals surface area contributed by atoms with E-state index in [2.05, 4.69) is 0 Å². The summed E-state index contributed by atoms with van der Waals surface area (Å²) in [4.78, 5) is 23.3. The minimum atomic E-state index is -0.928. The molecule has 0 radical (unpaired) electrons. The molecule has 0 aromatic heterocycles. The third-order valence-corrected chi connectivity index (χ3v) is 2.10. The van der Waals surface area contributed by atoms with Crippen LogP contribution < -0.4 is 0 Å². The van der Waals surface area contributed by atoms with Crippen LogP contribution >= 0.6 is 0 Å². The molecule has 94 valence electrons. The van der Waals surface area contributed by atoms with E-state index in [0.717, 1.165) is 0 Å². The van der Waals surface area contributed by atoms with E-state index in [0.29, 0.717) is 13.2 Å². The summed E-state index contributed by atoms with van der Waals surface area (Å²) >= 11 is 0. The van der Waals surface area contributed by atoms with Gasteiger partial charge in [-0.05, 0) is 0 Å². The number of aliphatic carboxylic acids is 1. The maximum Gasteiger partial charge on any atom is 0.308 e. The van der Waals surface area contributed by atoms with Gasteiger partial charge in [0.05, 0.1) is 25.7 Å². The molecule has 16 heavy (non-hydrogen) atoms. The van der Waals surface area contributed by atoms with Crippen LogP contribution in [0, 0.1) is 5.92 Å². The molecule has 0 saturated heterocycles. The van der Waals surface area contributed by atoms with Crippen LogP contribution in [-0.4, -0.2) is 59.9 Å². The van der Waals surface area contributed by atoms with E-state index in [4.69, 9.17) is 14.9 Å². The van der Waals surface area contributed by atoms with Gasteiger partial charge < -0.3 is 19.8 Å². The third-order valence-electron chi connectivity index (χ3n) is 2.10. The lowest BCUT2D eigenvalue weighted by Gasteiger charge is -2.22. The fraction of sp³-hybridized carbons (Fsp3) is 0.800. The lowest BCUT2D eigenvalue weighted by atomic mass is 10.1. The number of hydrogen-bond acceptors (Lipinski definition) is 4. The molecule has 1 atom stereocenters. The van der Waals surface area contributed by atoms with Gasteiger partial charge in [0.2, 0.25) is 5.91 Å². The second kappa shape index (κ2) is 8.06. The minimum Gasteiger partial charge on any atom is -0.481 e. The first-order valence-electron chi connectivity index (χ1n) is 5.16. The maximum atomic E-state index is 11.2. The van der Waals surface area contributed by atoms with Gasteiger partial charge in [-0.1, -0.05) is 6.92 Å². The number of nitrogens with zero attached hydrogens (tertiary/aromatic N) is 1. The molecule has 0 heterocycles. The lowest BCUT2D eigenvalue weighted by Crippen LogP contribution is -2.37. The first-order chi connectivity index (χ1) is 7.49. The van der Waals surface area contributed by atoms with E-state index < -0.39 is 11.9 Å². The van der Waals surface area contributed by atoms with Gasteiger partial charge in [-0.25, -0.2) is 0 Å². The number of carbonyl (C=O) groups is 2. The van der Waals surface area contributed by atoms with Crippen LogP contribution in [0.4, 0.5) is 0 Å². The number of ether oxygens (including phenoxy) is 1. The van der Waals surface area contributed by atoms with Crippen molar-refractivity contribution in [1.29, 1.82) is 0 Å². The summed E-state index contributed by atoms with van der Waals surface area (Å²) in [5.74, 6) is -1.70. The van der Waals surface area contributed by atoms with Crippen molar-refractivity contribution in [2.75, 3.05) is 32.9 Å². The average molecular weight is 233 g/mol. The van der Waals surface area contributed by atoms with Crippen LogP contribution in [0.2, 0.25) is 0 Å². The Labute approximate surface area is 94.8 Å². The van der Waals surface area contributed by atoms with E-state index in [1.54, 1.807) is 6.92 Å². The number of carbonyl (C=O) groups excluding carboxylic acids is 1. The SMILES string of the molecule is CC(=O)N(CCOCCO)CC(C)C(=O)O. The summed E-state index contributed by atoms with van der Waals surface area (Å²) in [6.07, 6.45) is 0. The zero-order chi connectivity index (χ0) is 12.6. The van der Waals surface area contributed by atoms with Crippen LogP contribution in [-0.2, 0) is 14.3 Å². The van der Waals surface area contributed by atoms with Gasteiger partial charge in [0, 0.05) is 20.0 Å². The quantitative estimate of drug-likeness (QED) is 0.555. The molecule has 0 aromatic rings. The topological polar surface area (TPSA) is 87.1 Å². The minimum absolute atomic E-state index is 0.0639. The zero-order valence-corrected chi connectivity index (χ0v) is 9.68. The summed E-state index contributed by atoms with van der Waals surface area (Å²) < 4.78 is 5.01. The largest absolute Gasteiger partial charge is 0.481 e. The van der Waals surface area contributed by atoms with E-state index in [9.17, 15) is 9.59 Å². The number of amides is 1. The Morgan fingerprint density at radius 1 is 1.38 bits per heavy atom. The molecule has 6 nitrogen and oxygen atoms in total. The van der Waals surface area contributed by atoms with Crippen molar-refractivity contribution in [3.63, 3.8) is 0 Å². The van der Waals surface area contributed by atoms with Crippen molar-refractivity contribution < 1.29 is 24.5 Å². The molecular formula is C10H19NO5. The third kappa shape index (κ3) is 6.36. The van der Waals surface area contributed by atoms with E-state index in [1.165, 1.54) is 11.8 Å². The Kier molecular flexibility index (Phi) is 7.49. The van der Waals surface area contributed by atoms with Gasteiger partial charge in [-0.3, -0.25) is 9.59 Å². The monoisotopic (exact) mass is 233 g/mol. The maximum absolute atomic E-state index is 11.2. The predicted molar refractivity (Wildman–Crippen MR) is 57.0 cm³/mol. The average Bonchev–Trinajstić information content (AvgIpc) is 2.21. The number of carboxylic acids is 1. The Hall–Kier alpha value is -1.14. The highest BCUT2D eigenvalue weighted by atomic mass is 16.5. The van der Waals surface area contributed by atoms with Crippen molar-refractivity contribution in [1.82, 2.24) is 4.90 Å². The van der Waals surface area contributed by atoms with Crippen molar-refractivity contribution in [3.8, 4) is 0 Å². The zero-order valence-electron chi connectivity index (χ0n) is 9.68. The smallest absolute Gasteiger partial charge is 0.308 e. The van der Waals surface area contributed by atoms with Gasteiger partial charge in [0.1, 0.15) is 0 Å². The van der Waals surface area contributed by atoms with Crippen LogP contribution in [0.25, 0.3) is 0 Å². The van der Waals surface area contributed by atoms with Gasteiger partial charge >= 0.3 is 5.97 Å². The highest BCUT2D eigenvalue weighted by Gasteiger charge is 2.17. The predicted octanol–water partition coefficient (Wildman–Crippen LogP) is -0.436. The standard InChI is InChI=1S/C10H19NO5/c1-8(10(14)15)7-11(9(2)13)3-5-16-6-4-12/h8,12H,3-7H2,1-2H3,(H,14,15). The highest BCUT2D eigenvalue weighted by molar-refractivity contribution is 5.75. The van der Waals surface area contributed by atoms with Crippen molar-refractivity contribution in [2.24, 2.45) is 5.92 Å². The first-order valence-corrected chi connectivity index (χ1v) is 5.16. The Balaban J connectivity index is 3.98. The fourth-order valence-electron chi connectivity index (χ4n) is 1.13. The van der Waals surface area contributed by atoms with Gasteiger partial charge in [-0.15, -0.1) is 0 Å². The molecular weight excluding hydrogens is 214 g/mol. The van der Waals surface area contributed by atoms with Gasteiger partial charge in [-0.2, -0.15) is 0 Å². The molecule has 0 rings (SSSR count). The molecule has 0 bridgehead atoms.